The summed E-state index contributed by atoms with van der Waals surface area (Å²) in [5.74, 6) is -0.355. The molecule has 1 unspecified atom stereocenters. The van der Waals surface area contributed by atoms with Crippen LogP contribution in [0.15, 0.2) is 71.8 Å². The van der Waals surface area contributed by atoms with E-state index in [0.29, 0.717) is 16.8 Å². The molecule has 1 aliphatic rings. The van der Waals surface area contributed by atoms with Gasteiger partial charge in [-0.05, 0) is 29.8 Å². The molecule has 1 heterocycles. The summed E-state index contributed by atoms with van der Waals surface area (Å²) < 4.78 is 5.95. The number of phenolic OH excluding ortho intramolecular Hbond substituents is 3. The first-order valence-electron chi connectivity index (χ1n) is 8.95. The number of hydrazone groups is 1. The second kappa shape index (κ2) is 7.55. The fourth-order valence-corrected chi connectivity index (χ4v) is 3.19. The first-order chi connectivity index (χ1) is 14.0. The smallest absolute Gasteiger partial charge is 0.271 e. The molecule has 3 aromatic carbocycles. The van der Waals surface area contributed by atoms with Gasteiger partial charge in [0, 0.05) is 24.1 Å². The molecule has 29 heavy (non-hydrogen) atoms. The molecule has 1 amide bonds. The highest BCUT2D eigenvalue weighted by molar-refractivity contribution is 6.07. The molecule has 4 N–H and O–H groups in total. The normalized spacial score (nSPS) is 16.7. The zero-order chi connectivity index (χ0) is 20.4. The number of amides is 1. The summed E-state index contributed by atoms with van der Waals surface area (Å²) in [4.78, 5) is 12.3. The summed E-state index contributed by atoms with van der Waals surface area (Å²) in [6, 6.07) is 17.7. The van der Waals surface area contributed by atoms with Gasteiger partial charge in [0.05, 0.1) is 11.3 Å². The number of nitrogens with zero attached hydrogens (tertiary/aromatic N) is 1. The van der Waals surface area contributed by atoms with Gasteiger partial charge in [-0.3, -0.25) is 4.79 Å². The predicted molar refractivity (Wildman–Crippen MR) is 106 cm³/mol. The minimum Gasteiger partial charge on any atom is -0.508 e. The summed E-state index contributed by atoms with van der Waals surface area (Å²) in [5.41, 5.74) is 4.46. The van der Waals surface area contributed by atoms with Crippen LogP contribution in [0.2, 0.25) is 0 Å². The number of hydrogen-bond donors (Lipinski definition) is 4. The van der Waals surface area contributed by atoms with E-state index in [1.807, 2.05) is 6.07 Å². The molecule has 7 heteroatoms. The Balaban J connectivity index is 1.69. The van der Waals surface area contributed by atoms with Crippen molar-refractivity contribution < 1.29 is 24.9 Å². The molecule has 0 radical (unpaired) electrons. The second-order valence-corrected chi connectivity index (χ2v) is 6.61. The summed E-state index contributed by atoms with van der Waals surface area (Å²) in [5, 5.41) is 33.9. The number of phenols is 3. The molecule has 4 rings (SSSR count). The Morgan fingerprint density at radius 2 is 1.69 bits per heavy atom. The van der Waals surface area contributed by atoms with Crippen LogP contribution in [0.5, 0.6) is 23.0 Å². The highest BCUT2D eigenvalue weighted by Crippen LogP contribution is 2.42. The van der Waals surface area contributed by atoms with Crippen LogP contribution in [-0.2, 0) is 0 Å². The zero-order valence-corrected chi connectivity index (χ0v) is 15.2. The summed E-state index contributed by atoms with van der Waals surface area (Å²) in [6.45, 7) is 0. The van der Waals surface area contributed by atoms with Crippen LogP contribution in [0.3, 0.4) is 0 Å². The third-order valence-electron chi connectivity index (χ3n) is 4.60. The Bertz CT molecular complexity index is 1080. The number of benzene rings is 3. The highest BCUT2D eigenvalue weighted by Gasteiger charge is 2.30. The maximum absolute atomic E-state index is 12.3. The van der Waals surface area contributed by atoms with Gasteiger partial charge in [-0.15, -0.1) is 0 Å². The van der Waals surface area contributed by atoms with Crippen LogP contribution in [0, 0.1) is 0 Å². The highest BCUT2D eigenvalue weighted by atomic mass is 16.5. The molecule has 0 aromatic heterocycles. The fourth-order valence-electron chi connectivity index (χ4n) is 3.19. The van der Waals surface area contributed by atoms with Gasteiger partial charge in [0.15, 0.2) is 0 Å². The quantitative estimate of drug-likeness (QED) is 0.512. The average molecular weight is 390 g/mol. The molecule has 146 valence electrons. The zero-order valence-electron chi connectivity index (χ0n) is 15.2. The largest absolute Gasteiger partial charge is 0.508 e. The molecule has 0 spiro atoms. The van der Waals surface area contributed by atoms with Crippen molar-refractivity contribution in [1.29, 1.82) is 0 Å². The predicted octanol–water partition coefficient (Wildman–Crippen LogP) is 3.46. The van der Waals surface area contributed by atoms with E-state index in [4.69, 9.17) is 4.74 Å². The Morgan fingerprint density at radius 1 is 0.966 bits per heavy atom. The number of carbonyl (C=O) groups is 1. The van der Waals surface area contributed by atoms with Crippen molar-refractivity contribution >= 4 is 11.6 Å². The Morgan fingerprint density at radius 3 is 2.41 bits per heavy atom. The van der Waals surface area contributed by atoms with E-state index in [1.165, 1.54) is 12.1 Å². The number of aromatic hydroxyl groups is 3. The van der Waals surface area contributed by atoms with Gasteiger partial charge < -0.3 is 20.1 Å². The maximum atomic E-state index is 12.3. The molecule has 1 atom stereocenters. The summed E-state index contributed by atoms with van der Waals surface area (Å²) in [7, 11) is 0. The lowest BCUT2D eigenvalue weighted by Crippen LogP contribution is -2.25. The standard InChI is InChI=1S/C22H18N2O5/c25-15-8-6-13(7-9-15)19-12-17(21-18(27)10-16(26)11-20(21)29-19)23-24-22(28)14-4-2-1-3-5-14/h1-11,19,25-27H,12H2,(H,24,28). The molecular weight excluding hydrogens is 372 g/mol. The SMILES string of the molecule is O=C(NN=C1CC(c2ccc(O)cc2)Oc2cc(O)cc(O)c21)c1ccccc1. The van der Waals surface area contributed by atoms with Crippen molar-refractivity contribution in [2.45, 2.75) is 12.5 Å². The van der Waals surface area contributed by atoms with Gasteiger partial charge in [0.25, 0.3) is 5.91 Å². The van der Waals surface area contributed by atoms with Gasteiger partial charge >= 0.3 is 0 Å². The average Bonchev–Trinajstić information content (AvgIpc) is 2.72. The second-order valence-electron chi connectivity index (χ2n) is 6.61. The van der Waals surface area contributed by atoms with E-state index in [9.17, 15) is 20.1 Å². The molecule has 0 saturated heterocycles. The molecule has 0 fully saturated rings. The number of fused-ring (bicyclic) bond motifs is 1. The van der Waals surface area contributed by atoms with E-state index in [1.54, 1.807) is 48.5 Å². The molecule has 1 aliphatic heterocycles. The third kappa shape index (κ3) is 3.84. The van der Waals surface area contributed by atoms with Crippen LogP contribution < -0.4 is 10.2 Å². The lowest BCUT2D eigenvalue weighted by atomic mass is 9.94. The van der Waals surface area contributed by atoms with Crippen molar-refractivity contribution in [1.82, 2.24) is 5.43 Å². The first kappa shape index (κ1) is 18.4. The van der Waals surface area contributed by atoms with Gasteiger partial charge in [0.2, 0.25) is 0 Å². The Labute approximate surface area is 166 Å². The lowest BCUT2D eigenvalue weighted by Gasteiger charge is -2.28. The van der Waals surface area contributed by atoms with Crippen LogP contribution in [0.1, 0.15) is 34.0 Å². The molecule has 7 nitrogen and oxygen atoms in total. The fraction of sp³-hybridized carbons (Fsp3) is 0.0909. The minimum absolute atomic E-state index is 0.129. The Hall–Kier alpha value is -4.00. The van der Waals surface area contributed by atoms with Crippen LogP contribution in [-0.4, -0.2) is 26.9 Å². The number of hydrogen-bond acceptors (Lipinski definition) is 6. The number of ether oxygens (including phenoxy) is 1. The molecule has 3 aromatic rings. The van der Waals surface area contributed by atoms with E-state index >= 15 is 0 Å². The van der Waals surface area contributed by atoms with Crippen molar-refractivity contribution in [3.05, 3.63) is 83.4 Å². The Kier molecular flexibility index (Phi) is 4.78. The number of rotatable bonds is 3. The van der Waals surface area contributed by atoms with Crippen molar-refractivity contribution in [3.8, 4) is 23.0 Å². The number of nitrogens with one attached hydrogen (secondary N) is 1. The van der Waals surface area contributed by atoms with E-state index in [2.05, 4.69) is 10.5 Å². The topological polar surface area (TPSA) is 111 Å². The van der Waals surface area contributed by atoms with Gasteiger partial charge in [-0.1, -0.05) is 30.3 Å². The minimum atomic E-state index is -0.475. The van der Waals surface area contributed by atoms with Gasteiger partial charge in [-0.2, -0.15) is 5.10 Å². The van der Waals surface area contributed by atoms with Crippen molar-refractivity contribution in [2.24, 2.45) is 5.10 Å². The van der Waals surface area contributed by atoms with Crippen LogP contribution >= 0.6 is 0 Å². The van der Waals surface area contributed by atoms with E-state index in [-0.39, 0.29) is 35.3 Å². The number of carbonyl (C=O) groups excluding carboxylic acids is 1. The monoisotopic (exact) mass is 390 g/mol. The van der Waals surface area contributed by atoms with Gasteiger partial charge in [-0.25, -0.2) is 5.43 Å². The van der Waals surface area contributed by atoms with Gasteiger partial charge in [0.1, 0.15) is 29.1 Å². The lowest BCUT2D eigenvalue weighted by molar-refractivity contribution is 0.0954. The van der Waals surface area contributed by atoms with E-state index in [0.717, 1.165) is 5.56 Å². The van der Waals surface area contributed by atoms with E-state index < -0.39 is 6.10 Å². The molecule has 0 saturated carbocycles. The molecular formula is C22H18N2O5. The summed E-state index contributed by atoms with van der Waals surface area (Å²) >= 11 is 0. The summed E-state index contributed by atoms with van der Waals surface area (Å²) in [6.07, 6.45) is -0.206. The van der Waals surface area contributed by atoms with Crippen molar-refractivity contribution in [2.75, 3.05) is 0 Å². The molecule has 0 bridgehead atoms. The first-order valence-corrected chi connectivity index (χ1v) is 8.95. The van der Waals surface area contributed by atoms with Crippen molar-refractivity contribution in [3.63, 3.8) is 0 Å². The van der Waals surface area contributed by atoms with Crippen LogP contribution in [0.25, 0.3) is 0 Å². The maximum Gasteiger partial charge on any atom is 0.271 e. The molecule has 0 aliphatic carbocycles. The van der Waals surface area contributed by atoms with Crippen LogP contribution in [0.4, 0.5) is 0 Å². The third-order valence-corrected chi connectivity index (χ3v) is 4.60.